The number of hydrogen-bond donors (Lipinski definition) is 0. The third-order valence-corrected chi connectivity index (χ3v) is 5.96. The van der Waals surface area contributed by atoms with Crippen molar-refractivity contribution in [1.82, 2.24) is 14.3 Å². The number of hydrogen-bond acceptors (Lipinski definition) is 4. The lowest BCUT2D eigenvalue weighted by Crippen LogP contribution is -2.16. The lowest BCUT2D eigenvalue weighted by Gasteiger charge is -2.08. The predicted molar refractivity (Wildman–Crippen MR) is 121 cm³/mol. The largest absolute Gasteiger partial charge is 0.454 e. The van der Waals surface area contributed by atoms with Gasteiger partial charge in [-0.2, -0.15) is 5.10 Å². The summed E-state index contributed by atoms with van der Waals surface area (Å²) < 4.78 is 8.88. The number of ether oxygens (including phenoxy) is 1. The van der Waals surface area contributed by atoms with E-state index in [0.717, 1.165) is 29.9 Å². The predicted octanol–water partition coefficient (Wildman–Crippen LogP) is 5.41. The zero-order valence-corrected chi connectivity index (χ0v) is 19.5. The van der Waals surface area contributed by atoms with Crippen molar-refractivity contribution >= 4 is 35.0 Å². The zero-order chi connectivity index (χ0) is 22.7. The Morgan fingerprint density at radius 1 is 1.13 bits per heavy atom. The monoisotopic (exact) mass is 461 g/mol. The van der Waals surface area contributed by atoms with E-state index in [0.29, 0.717) is 22.8 Å². The highest BCUT2D eigenvalue weighted by Crippen LogP contribution is 2.24. The van der Waals surface area contributed by atoms with Crippen LogP contribution in [0.1, 0.15) is 56.7 Å². The molecule has 0 radical (unpaired) electrons. The van der Waals surface area contributed by atoms with Gasteiger partial charge in [0.1, 0.15) is 10.7 Å². The van der Waals surface area contributed by atoms with Gasteiger partial charge >= 0.3 is 5.97 Å². The highest BCUT2D eigenvalue weighted by molar-refractivity contribution is 6.33. The molecule has 0 amide bonds. The van der Waals surface area contributed by atoms with Gasteiger partial charge in [-0.05, 0) is 44.9 Å². The summed E-state index contributed by atoms with van der Waals surface area (Å²) in [5.41, 5.74) is 3.85. The van der Waals surface area contributed by atoms with Crippen molar-refractivity contribution in [3.8, 4) is 0 Å². The van der Waals surface area contributed by atoms with Gasteiger partial charge in [-0.15, -0.1) is 0 Å². The van der Waals surface area contributed by atoms with Crippen LogP contribution in [-0.2, 0) is 17.8 Å². The molecule has 3 rings (SSSR count). The van der Waals surface area contributed by atoms with Crippen molar-refractivity contribution in [3.63, 3.8) is 0 Å². The number of halogens is 2. The molecule has 31 heavy (non-hydrogen) atoms. The molecule has 3 aromatic rings. The van der Waals surface area contributed by atoms with Crippen molar-refractivity contribution in [3.05, 3.63) is 74.3 Å². The topological polar surface area (TPSA) is 66.1 Å². The van der Waals surface area contributed by atoms with Gasteiger partial charge in [0, 0.05) is 28.5 Å². The van der Waals surface area contributed by atoms with Gasteiger partial charge in [0.15, 0.2) is 6.61 Å². The summed E-state index contributed by atoms with van der Waals surface area (Å²) in [5.74, 6) is -0.926. The first-order chi connectivity index (χ1) is 14.7. The van der Waals surface area contributed by atoms with Crippen LogP contribution in [0.15, 0.2) is 30.3 Å². The minimum Gasteiger partial charge on any atom is -0.454 e. The minimum absolute atomic E-state index is 0.149. The van der Waals surface area contributed by atoms with Crippen LogP contribution in [0.5, 0.6) is 0 Å². The molecule has 0 aliphatic heterocycles. The molecule has 0 fully saturated rings. The van der Waals surface area contributed by atoms with Crippen molar-refractivity contribution in [2.45, 2.75) is 47.2 Å². The Morgan fingerprint density at radius 3 is 2.52 bits per heavy atom. The molecule has 0 saturated heterocycles. The summed E-state index contributed by atoms with van der Waals surface area (Å²) in [6.07, 6.45) is 0.967. The quantitative estimate of drug-likeness (QED) is 0.332. The number of benzene rings is 1. The normalized spacial score (nSPS) is 11.0. The van der Waals surface area contributed by atoms with Crippen LogP contribution in [0.3, 0.4) is 0 Å². The molecule has 0 unspecified atom stereocenters. The summed E-state index contributed by atoms with van der Waals surface area (Å²) in [4.78, 5) is 25.3. The Balaban J connectivity index is 1.73. The fraction of sp³-hybridized carbons (Fsp3) is 0.348. The standard InChI is InChI=1S/C23H25Cl2N3O3/c1-5-10-27-14(2)11-18(16(27)4)20(29)13-31-23(30)21-15(3)26-28(22(21)25)12-17-8-6-7-9-19(17)24/h6-9,11H,5,10,12-13H2,1-4H3. The van der Waals surface area contributed by atoms with Gasteiger partial charge < -0.3 is 9.30 Å². The van der Waals surface area contributed by atoms with E-state index < -0.39 is 5.97 Å². The lowest BCUT2D eigenvalue weighted by atomic mass is 10.1. The fourth-order valence-electron chi connectivity index (χ4n) is 3.61. The second kappa shape index (κ2) is 9.71. The number of rotatable bonds is 8. The highest BCUT2D eigenvalue weighted by Gasteiger charge is 2.24. The first-order valence-electron chi connectivity index (χ1n) is 10.1. The molecule has 0 aliphatic rings. The number of nitrogens with zero attached hydrogens (tertiary/aromatic N) is 3. The summed E-state index contributed by atoms with van der Waals surface area (Å²) in [6, 6.07) is 9.17. The summed E-state index contributed by atoms with van der Waals surface area (Å²) in [5, 5.41) is 5.07. The minimum atomic E-state index is -0.677. The first-order valence-corrected chi connectivity index (χ1v) is 10.8. The third kappa shape index (κ3) is 4.86. The van der Waals surface area contributed by atoms with E-state index in [4.69, 9.17) is 27.9 Å². The molecule has 0 aliphatic carbocycles. The Morgan fingerprint density at radius 2 is 1.84 bits per heavy atom. The smallest absolute Gasteiger partial charge is 0.343 e. The molecule has 0 atom stereocenters. The second-order valence-corrected chi connectivity index (χ2v) is 8.20. The Hall–Kier alpha value is -2.57. The van der Waals surface area contributed by atoms with Gasteiger partial charge in [-0.3, -0.25) is 4.79 Å². The van der Waals surface area contributed by atoms with Crippen LogP contribution < -0.4 is 0 Å². The van der Waals surface area contributed by atoms with E-state index >= 15 is 0 Å². The lowest BCUT2D eigenvalue weighted by molar-refractivity contribution is 0.0474. The van der Waals surface area contributed by atoms with Crippen LogP contribution >= 0.6 is 23.2 Å². The number of aromatic nitrogens is 3. The average molecular weight is 462 g/mol. The van der Waals surface area contributed by atoms with Crippen molar-refractivity contribution < 1.29 is 14.3 Å². The molecular weight excluding hydrogens is 437 g/mol. The highest BCUT2D eigenvalue weighted by atomic mass is 35.5. The molecule has 0 bridgehead atoms. The van der Waals surface area contributed by atoms with Gasteiger partial charge in [-0.25, -0.2) is 9.48 Å². The second-order valence-electron chi connectivity index (χ2n) is 7.44. The molecule has 2 heterocycles. The van der Waals surface area contributed by atoms with Crippen molar-refractivity contribution in [2.75, 3.05) is 6.61 Å². The SMILES string of the molecule is CCCn1c(C)cc(C(=O)COC(=O)c2c(C)nn(Cc3ccccc3Cl)c2Cl)c1C. The van der Waals surface area contributed by atoms with Crippen LogP contribution in [0.2, 0.25) is 10.2 Å². The maximum absolute atomic E-state index is 12.7. The Labute approximate surface area is 191 Å². The molecule has 164 valence electrons. The molecule has 0 saturated carbocycles. The molecule has 8 heteroatoms. The average Bonchev–Trinajstić information content (AvgIpc) is 3.17. The van der Waals surface area contributed by atoms with Gasteiger partial charge in [-0.1, -0.05) is 48.3 Å². The van der Waals surface area contributed by atoms with Crippen molar-refractivity contribution in [1.29, 1.82) is 0 Å². The number of aryl methyl sites for hydroxylation is 2. The van der Waals surface area contributed by atoms with E-state index in [1.54, 1.807) is 13.0 Å². The number of esters is 1. The van der Waals surface area contributed by atoms with E-state index in [-0.39, 0.29) is 23.1 Å². The number of Topliss-reactive ketones (excluding diaryl/α,β-unsaturated/α-hetero) is 1. The van der Waals surface area contributed by atoms with Crippen LogP contribution in [0.4, 0.5) is 0 Å². The van der Waals surface area contributed by atoms with E-state index in [9.17, 15) is 9.59 Å². The first kappa shape index (κ1) is 23.1. The van der Waals surface area contributed by atoms with E-state index in [1.165, 1.54) is 4.68 Å². The van der Waals surface area contributed by atoms with E-state index in [2.05, 4.69) is 16.6 Å². The van der Waals surface area contributed by atoms with Crippen molar-refractivity contribution in [2.24, 2.45) is 0 Å². The molecule has 2 aromatic heterocycles. The third-order valence-electron chi connectivity index (χ3n) is 5.20. The molecule has 0 spiro atoms. The van der Waals surface area contributed by atoms with Gasteiger partial charge in [0.2, 0.25) is 5.78 Å². The number of ketones is 1. The zero-order valence-electron chi connectivity index (χ0n) is 18.0. The molecule has 6 nitrogen and oxygen atoms in total. The fourth-order valence-corrected chi connectivity index (χ4v) is 4.12. The number of carbonyl (C=O) groups is 2. The van der Waals surface area contributed by atoms with Crippen LogP contribution in [0.25, 0.3) is 0 Å². The maximum Gasteiger partial charge on any atom is 0.343 e. The molecule has 0 N–H and O–H groups in total. The number of carbonyl (C=O) groups excluding carboxylic acids is 2. The Kier molecular flexibility index (Phi) is 7.23. The summed E-state index contributed by atoms with van der Waals surface area (Å²) >= 11 is 12.6. The maximum atomic E-state index is 12.7. The summed E-state index contributed by atoms with van der Waals surface area (Å²) in [6.45, 7) is 8.41. The molecular formula is C23H25Cl2N3O3. The van der Waals surface area contributed by atoms with Gasteiger partial charge in [0.25, 0.3) is 0 Å². The molecule has 1 aromatic carbocycles. The van der Waals surface area contributed by atoms with Gasteiger partial charge in [0.05, 0.1) is 12.2 Å². The van der Waals surface area contributed by atoms with Crippen LogP contribution in [-0.4, -0.2) is 32.7 Å². The summed E-state index contributed by atoms with van der Waals surface area (Å²) in [7, 11) is 0. The Bertz CT molecular complexity index is 1130. The van der Waals surface area contributed by atoms with E-state index in [1.807, 2.05) is 38.1 Å². The van der Waals surface area contributed by atoms with Crippen LogP contribution in [0, 0.1) is 20.8 Å².